The molecule has 0 aliphatic carbocycles. The Morgan fingerprint density at radius 3 is 2.65 bits per heavy atom. The predicted octanol–water partition coefficient (Wildman–Crippen LogP) is 3.36. The molecule has 1 heterocycles. The summed E-state index contributed by atoms with van der Waals surface area (Å²) < 4.78 is 0. The van der Waals surface area contributed by atoms with Crippen molar-refractivity contribution in [2.75, 3.05) is 0 Å². The summed E-state index contributed by atoms with van der Waals surface area (Å²) in [5, 5.41) is 14.3. The molecule has 0 amide bonds. The first-order valence-electron chi connectivity index (χ1n) is 6.13. The number of rotatable bonds is 7. The first kappa shape index (κ1) is 14.2. The van der Waals surface area contributed by atoms with Crippen LogP contribution in [0, 0.1) is 5.92 Å². The zero-order valence-corrected chi connectivity index (χ0v) is 11.5. The third-order valence-corrected chi connectivity index (χ3v) is 4.26. The molecule has 0 spiro atoms. The lowest BCUT2D eigenvalue weighted by Gasteiger charge is -2.22. The Bertz CT molecular complexity index is 358. The lowest BCUT2D eigenvalue weighted by Crippen LogP contribution is -2.32. The molecule has 96 valence electrons. The second-order valence-electron chi connectivity index (χ2n) is 4.33. The standard InChI is InChI=1S/C13H21NO2S/c1-4-10(5-2)9(3)14-8-11-6-7-17-12(11)13(15)16/h6-7,9-10,14H,4-5,8H2,1-3H3,(H,15,16). The Kier molecular flexibility index (Phi) is 5.65. The van der Waals surface area contributed by atoms with Crippen molar-refractivity contribution in [3.05, 3.63) is 21.9 Å². The van der Waals surface area contributed by atoms with E-state index >= 15 is 0 Å². The van der Waals surface area contributed by atoms with E-state index in [1.54, 1.807) is 0 Å². The smallest absolute Gasteiger partial charge is 0.346 e. The topological polar surface area (TPSA) is 49.3 Å². The molecule has 2 N–H and O–H groups in total. The van der Waals surface area contributed by atoms with Gasteiger partial charge in [-0.1, -0.05) is 26.7 Å². The van der Waals surface area contributed by atoms with Crippen LogP contribution < -0.4 is 5.32 Å². The van der Waals surface area contributed by atoms with Gasteiger partial charge in [0.1, 0.15) is 4.88 Å². The van der Waals surface area contributed by atoms with Gasteiger partial charge in [0.05, 0.1) is 0 Å². The number of nitrogens with one attached hydrogen (secondary N) is 1. The van der Waals surface area contributed by atoms with E-state index in [4.69, 9.17) is 5.11 Å². The fourth-order valence-corrected chi connectivity index (χ4v) is 2.86. The molecule has 0 saturated carbocycles. The van der Waals surface area contributed by atoms with E-state index in [-0.39, 0.29) is 0 Å². The van der Waals surface area contributed by atoms with Gasteiger partial charge in [-0.2, -0.15) is 0 Å². The van der Waals surface area contributed by atoms with E-state index in [0.717, 1.165) is 18.4 Å². The Labute approximate surface area is 107 Å². The zero-order chi connectivity index (χ0) is 12.8. The number of hydrogen-bond donors (Lipinski definition) is 2. The monoisotopic (exact) mass is 255 g/mol. The molecular weight excluding hydrogens is 234 g/mol. The van der Waals surface area contributed by atoms with Crippen LogP contribution in [0.1, 0.15) is 48.8 Å². The highest BCUT2D eigenvalue weighted by Gasteiger charge is 2.15. The van der Waals surface area contributed by atoms with Crippen molar-refractivity contribution in [3.8, 4) is 0 Å². The Morgan fingerprint density at radius 1 is 1.47 bits per heavy atom. The van der Waals surface area contributed by atoms with Crippen molar-refractivity contribution < 1.29 is 9.90 Å². The average molecular weight is 255 g/mol. The van der Waals surface area contributed by atoms with E-state index in [9.17, 15) is 4.79 Å². The van der Waals surface area contributed by atoms with Crippen molar-refractivity contribution in [2.45, 2.75) is 46.2 Å². The number of aromatic carboxylic acids is 1. The second kappa shape index (κ2) is 6.77. The van der Waals surface area contributed by atoms with Gasteiger partial charge in [-0.05, 0) is 29.9 Å². The van der Waals surface area contributed by atoms with E-state index < -0.39 is 5.97 Å². The van der Waals surface area contributed by atoms with Crippen LogP contribution in [0.3, 0.4) is 0 Å². The Morgan fingerprint density at radius 2 is 2.12 bits per heavy atom. The quantitative estimate of drug-likeness (QED) is 0.785. The molecule has 1 aromatic rings. The van der Waals surface area contributed by atoms with Crippen LogP contribution in [-0.2, 0) is 6.54 Å². The highest BCUT2D eigenvalue weighted by Crippen LogP contribution is 2.18. The third-order valence-electron chi connectivity index (χ3n) is 3.31. The molecule has 4 heteroatoms. The molecule has 1 rings (SSSR count). The molecule has 0 aromatic carbocycles. The molecule has 17 heavy (non-hydrogen) atoms. The summed E-state index contributed by atoms with van der Waals surface area (Å²) >= 11 is 1.29. The maximum Gasteiger partial charge on any atom is 0.346 e. The van der Waals surface area contributed by atoms with Gasteiger partial charge < -0.3 is 10.4 Å². The first-order valence-corrected chi connectivity index (χ1v) is 7.01. The predicted molar refractivity (Wildman–Crippen MR) is 71.7 cm³/mol. The summed E-state index contributed by atoms with van der Waals surface area (Å²) in [6, 6.07) is 2.31. The van der Waals surface area contributed by atoms with E-state index in [0.29, 0.717) is 23.4 Å². The minimum Gasteiger partial charge on any atom is -0.477 e. The van der Waals surface area contributed by atoms with Gasteiger partial charge in [0, 0.05) is 12.6 Å². The summed E-state index contributed by atoms with van der Waals surface area (Å²) in [7, 11) is 0. The maximum atomic E-state index is 11.0. The highest BCUT2D eigenvalue weighted by atomic mass is 32.1. The van der Waals surface area contributed by atoms with Gasteiger partial charge in [0.2, 0.25) is 0 Å². The average Bonchev–Trinajstić information content (AvgIpc) is 2.76. The fourth-order valence-electron chi connectivity index (χ4n) is 2.10. The zero-order valence-electron chi connectivity index (χ0n) is 10.7. The van der Waals surface area contributed by atoms with Crippen molar-refractivity contribution in [2.24, 2.45) is 5.92 Å². The summed E-state index contributed by atoms with van der Waals surface area (Å²) in [5.41, 5.74) is 0.889. The SMILES string of the molecule is CCC(CC)C(C)NCc1ccsc1C(=O)O. The lowest BCUT2D eigenvalue weighted by molar-refractivity contribution is 0.0701. The van der Waals surface area contributed by atoms with Gasteiger partial charge in [-0.3, -0.25) is 0 Å². The van der Waals surface area contributed by atoms with Crippen LogP contribution in [0.15, 0.2) is 11.4 Å². The maximum absolute atomic E-state index is 11.0. The molecule has 0 saturated heterocycles. The molecule has 0 aliphatic heterocycles. The van der Waals surface area contributed by atoms with Gasteiger partial charge in [0.15, 0.2) is 0 Å². The summed E-state index contributed by atoms with van der Waals surface area (Å²) in [4.78, 5) is 11.4. The summed E-state index contributed by atoms with van der Waals surface area (Å²) in [5.74, 6) is -0.172. The van der Waals surface area contributed by atoms with Crippen LogP contribution in [-0.4, -0.2) is 17.1 Å². The minimum atomic E-state index is -0.827. The van der Waals surface area contributed by atoms with E-state index in [1.165, 1.54) is 11.3 Å². The van der Waals surface area contributed by atoms with Crippen molar-refractivity contribution >= 4 is 17.3 Å². The third kappa shape index (κ3) is 3.82. The van der Waals surface area contributed by atoms with Crippen LogP contribution >= 0.6 is 11.3 Å². The van der Waals surface area contributed by atoms with Crippen LogP contribution in [0.5, 0.6) is 0 Å². The molecule has 0 fully saturated rings. The largest absolute Gasteiger partial charge is 0.477 e. The van der Waals surface area contributed by atoms with E-state index in [1.807, 2.05) is 11.4 Å². The second-order valence-corrected chi connectivity index (χ2v) is 5.24. The first-order chi connectivity index (χ1) is 8.10. The normalized spacial score (nSPS) is 12.9. The molecule has 3 nitrogen and oxygen atoms in total. The van der Waals surface area contributed by atoms with Crippen molar-refractivity contribution in [3.63, 3.8) is 0 Å². The molecule has 0 bridgehead atoms. The molecular formula is C13H21NO2S. The fraction of sp³-hybridized carbons (Fsp3) is 0.615. The van der Waals surface area contributed by atoms with Crippen molar-refractivity contribution in [1.82, 2.24) is 5.32 Å². The Balaban J connectivity index is 2.55. The summed E-state index contributed by atoms with van der Waals surface area (Å²) in [6.45, 7) is 7.20. The van der Waals surface area contributed by atoms with Gasteiger partial charge >= 0.3 is 5.97 Å². The van der Waals surface area contributed by atoms with Crippen LogP contribution in [0.25, 0.3) is 0 Å². The van der Waals surface area contributed by atoms with Gasteiger partial charge in [-0.15, -0.1) is 11.3 Å². The van der Waals surface area contributed by atoms with Crippen LogP contribution in [0.4, 0.5) is 0 Å². The molecule has 1 unspecified atom stereocenters. The molecule has 1 atom stereocenters. The minimum absolute atomic E-state index is 0.423. The molecule has 0 aliphatic rings. The van der Waals surface area contributed by atoms with E-state index in [2.05, 4.69) is 26.1 Å². The number of hydrogen-bond acceptors (Lipinski definition) is 3. The van der Waals surface area contributed by atoms with Gasteiger partial charge in [-0.25, -0.2) is 4.79 Å². The summed E-state index contributed by atoms with van der Waals surface area (Å²) in [6.07, 6.45) is 2.31. The number of carboxylic acids is 1. The number of thiophene rings is 1. The number of carboxylic acid groups (broad SMARTS) is 1. The van der Waals surface area contributed by atoms with Gasteiger partial charge in [0.25, 0.3) is 0 Å². The molecule has 0 radical (unpaired) electrons. The van der Waals surface area contributed by atoms with Crippen molar-refractivity contribution in [1.29, 1.82) is 0 Å². The Hall–Kier alpha value is -0.870. The van der Waals surface area contributed by atoms with Crippen LogP contribution in [0.2, 0.25) is 0 Å². The lowest BCUT2D eigenvalue weighted by atomic mass is 9.95. The highest BCUT2D eigenvalue weighted by molar-refractivity contribution is 7.12. The molecule has 1 aromatic heterocycles. The number of carbonyl (C=O) groups is 1.